The topological polar surface area (TPSA) is 58.0 Å². The van der Waals surface area contributed by atoms with Crippen LogP contribution in [-0.2, 0) is 0 Å². The van der Waals surface area contributed by atoms with Crippen molar-refractivity contribution in [2.45, 2.75) is 6.36 Å². The third-order valence-corrected chi connectivity index (χ3v) is 1.15. The zero-order chi connectivity index (χ0) is 10.6. The van der Waals surface area contributed by atoms with Crippen LogP contribution in [0, 0.1) is 6.07 Å². The largest absolute Gasteiger partial charge is 0.573 e. The van der Waals surface area contributed by atoms with E-state index < -0.39 is 12.1 Å². The van der Waals surface area contributed by atoms with Crippen molar-refractivity contribution in [3.63, 3.8) is 0 Å². The molecule has 0 unspecified atom stereocenters. The molecule has 0 fully saturated rings. The highest BCUT2D eigenvalue weighted by molar-refractivity contribution is 5.40. The maximum absolute atomic E-state index is 11.7. The molecule has 0 spiro atoms. The average Bonchev–Trinajstić information content (AvgIpc) is 2.06. The number of alkyl halides is 3. The predicted octanol–water partition coefficient (Wildman–Crippen LogP) is 3.33. The van der Waals surface area contributed by atoms with Crippen LogP contribution in [0.15, 0.2) is 23.3 Å². The second-order valence-corrected chi connectivity index (χ2v) is 2.15. The van der Waals surface area contributed by atoms with Gasteiger partial charge in [-0.3, -0.25) is 0 Å². The number of benzene rings is 1. The summed E-state index contributed by atoms with van der Waals surface area (Å²) < 4.78 is 38.5. The summed E-state index contributed by atoms with van der Waals surface area (Å²) in [6.45, 7) is 0. The van der Waals surface area contributed by atoms with E-state index in [4.69, 9.17) is 5.53 Å². The Morgan fingerprint density at radius 1 is 1.43 bits per heavy atom. The highest BCUT2D eigenvalue weighted by atomic mass is 19.4. The van der Waals surface area contributed by atoms with Gasteiger partial charge in [-0.1, -0.05) is 5.11 Å². The van der Waals surface area contributed by atoms with Crippen molar-refractivity contribution < 1.29 is 17.9 Å². The fourth-order valence-electron chi connectivity index (χ4n) is 0.704. The minimum Gasteiger partial charge on any atom is -0.405 e. The monoisotopic (exact) mass is 202 g/mol. The fraction of sp³-hybridized carbons (Fsp3) is 0.143. The first-order valence-corrected chi connectivity index (χ1v) is 3.34. The van der Waals surface area contributed by atoms with Crippen LogP contribution in [0.4, 0.5) is 18.9 Å². The van der Waals surface area contributed by atoms with Crippen LogP contribution in [0.5, 0.6) is 5.75 Å². The van der Waals surface area contributed by atoms with E-state index in [0.29, 0.717) is 0 Å². The second-order valence-electron chi connectivity index (χ2n) is 2.15. The highest BCUT2D eigenvalue weighted by Gasteiger charge is 2.30. The van der Waals surface area contributed by atoms with Crippen LogP contribution < -0.4 is 4.74 Å². The van der Waals surface area contributed by atoms with E-state index in [9.17, 15) is 13.2 Å². The Morgan fingerprint density at radius 2 is 2.14 bits per heavy atom. The molecule has 1 aromatic rings. The Balaban J connectivity index is 2.78. The molecule has 14 heavy (non-hydrogen) atoms. The fourth-order valence-corrected chi connectivity index (χ4v) is 0.704. The van der Waals surface area contributed by atoms with E-state index in [1.165, 1.54) is 6.07 Å². The van der Waals surface area contributed by atoms with Gasteiger partial charge < -0.3 is 4.74 Å². The van der Waals surface area contributed by atoms with E-state index in [0.717, 1.165) is 12.1 Å². The van der Waals surface area contributed by atoms with Crippen molar-refractivity contribution in [3.05, 3.63) is 34.7 Å². The SMILES string of the molecule is [N-]=[N+]=Nc1c[c]c(OC(F)(F)F)cc1. The van der Waals surface area contributed by atoms with Crippen LogP contribution >= 0.6 is 0 Å². The Bertz CT molecular complexity index is 353. The quantitative estimate of drug-likeness (QED) is 0.412. The summed E-state index contributed by atoms with van der Waals surface area (Å²) in [5.74, 6) is -0.477. The molecule has 0 aromatic heterocycles. The van der Waals surface area contributed by atoms with E-state index >= 15 is 0 Å². The summed E-state index contributed by atoms with van der Waals surface area (Å²) in [5, 5.41) is 3.16. The van der Waals surface area contributed by atoms with Gasteiger partial charge in [0.25, 0.3) is 0 Å². The predicted molar refractivity (Wildman–Crippen MR) is 40.8 cm³/mol. The van der Waals surface area contributed by atoms with Crippen molar-refractivity contribution in [1.29, 1.82) is 0 Å². The molecule has 1 rings (SSSR count). The molecule has 1 aromatic carbocycles. The maximum atomic E-state index is 11.7. The van der Waals surface area contributed by atoms with Gasteiger partial charge in [0, 0.05) is 16.7 Å². The summed E-state index contributed by atoms with van der Waals surface area (Å²) in [6, 6.07) is 5.47. The molecule has 0 aliphatic heterocycles. The Morgan fingerprint density at radius 3 is 2.57 bits per heavy atom. The molecule has 0 amide bonds. The van der Waals surface area contributed by atoms with Gasteiger partial charge in [0.2, 0.25) is 0 Å². The van der Waals surface area contributed by atoms with Gasteiger partial charge in [0.1, 0.15) is 5.75 Å². The molecular formula is C7H3F3N3O. The van der Waals surface area contributed by atoms with Crippen LogP contribution in [0.25, 0.3) is 10.4 Å². The van der Waals surface area contributed by atoms with Crippen LogP contribution in [-0.4, -0.2) is 6.36 Å². The van der Waals surface area contributed by atoms with Crippen LogP contribution in [0.3, 0.4) is 0 Å². The minimum absolute atomic E-state index is 0.169. The van der Waals surface area contributed by atoms with Gasteiger partial charge in [-0.15, -0.1) is 13.2 Å². The van der Waals surface area contributed by atoms with Crippen molar-refractivity contribution in [2.75, 3.05) is 0 Å². The molecule has 0 saturated carbocycles. The lowest BCUT2D eigenvalue weighted by Crippen LogP contribution is -2.16. The van der Waals surface area contributed by atoms with Gasteiger partial charge in [0.05, 0.1) is 0 Å². The third kappa shape index (κ3) is 3.24. The van der Waals surface area contributed by atoms with E-state index in [-0.39, 0.29) is 5.69 Å². The van der Waals surface area contributed by atoms with E-state index in [2.05, 4.69) is 20.8 Å². The molecule has 0 aliphatic carbocycles. The smallest absolute Gasteiger partial charge is 0.405 e. The van der Waals surface area contributed by atoms with Crippen LogP contribution in [0.2, 0.25) is 0 Å². The number of nitrogens with zero attached hydrogens (tertiary/aromatic N) is 3. The Labute approximate surface area is 76.5 Å². The lowest BCUT2D eigenvalue weighted by Gasteiger charge is -2.07. The van der Waals surface area contributed by atoms with Gasteiger partial charge in [-0.2, -0.15) is 0 Å². The number of hydrogen-bond donors (Lipinski definition) is 0. The first-order chi connectivity index (χ1) is 6.51. The first kappa shape index (κ1) is 10.2. The number of rotatable bonds is 2. The van der Waals surface area contributed by atoms with Gasteiger partial charge in [0.15, 0.2) is 0 Å². The van der Waals surface area contributed by atoms with Crippen molar-refractivity contribution in [3.8, 4) is 5.75 Å². The number of halogens is 3. The molecule has 4 nitrogen and oxygen atoms in total. The van der Waals surface area contributed by atoms with Gasteiger partial charge in [-0.05, 0) is 23.7 Å². The summed E-state index contributed by atoms with van der Waals surface area (Å²) in [7, 11) is 0. The van der Waals surface area contributed by atoms with Gasteiger partial charge in [-0.25, -0.2) is 0 Å². The lowest BCUT2D eigenvalue weighted by molar-refractivity contribution is -0.274. The number of azide groups is 1. The number of ether oxygens (including phenoxy) is 1. The summed E-state index contributed by atoms with van der Waals surface area (Å²) in [4.78, 5) is 2.45. The molecule has 0 aliphatic rings. The highest BCUT2D eigenvalue weighted by Crippen LogP contribution is 2.24. The molecule has 7 heteroatoms. The zero-order valence-corrected chi connectivity index (χ0v) is 6.62. The maximum Gasteiger partial charge on any atom is 0.573 e. The molecule has 73 valence electrons. The van der Waals surface area contributed by atoms with Crippen molar-refractivity contribution >= 4 is 5.69 Å². The van der Waals surface area contributed by atoms with Crippen LogP contribution in [0.1, 0.15) is 0 Å². The zero-order valence-electron chi connectivity index (χ0n) is 6.62. The lowest BCUT2D eigenvalue weighted by atomic mass is 10.3. The molecule has 0 N–H and O–H groups in total. The number of hydrogen-bond acceptors (Lipinski definition) is 2. The third-order valence-electron chi connectivity index (χ3n) is 1.15. The summed E-state index contributed by atoms with van der Waals surface area (Å²) in [5.41, 5.74) is 8.18. The van der Waals surface area contributed by atoms with Crippen molar-refractivity contribution in [2.24, 2.45) is 5.11 Å². The molecule has 0 heterocycles. The van der Waals surface area contributed by atoms with E-state index in [1.807, 2.05) is 0 Å². The normalized spacial score (nSPS) is 10.5. The molecule has 0 atom stereocenters. The molecule has 0 saturated heterocycles. The molecule has 1 radical (unpaired) electrons. The summed E-state index contributed by atoms with van der Waals surface area (Å²) >= 11 is 0. The second kappa shape index (κ2) is 3.89. The summed E-state index contributed by atoms with van der Waals surface area (Å²) in [6.07, 6.45) is -4.74. The molecular weight excluding hydrogens is 199 g/mol. The van der Waals surface area contributed by atoms with Crippen molar-refractivity contribution in [1.82, 2.24) is 0 Å². The Kier molecular flexibility index (Phi) is 2.83. The average molecular weight is 202 g/mol. The standard InChI is InChI=1S/C7H3F3N3O/c8-7(9,10)14-6-3-1-5(2-4-6)12-13-11/h1-3H. The molecule has 0 bridgehead atoms. The Hall–Kier alpha value is -1.88. The van der Waals surface area contributed by atoms with Gasteiger partial charge >= 0.3 is 6.36 Å². The minimum atomic E-state index is -4.74. The first-order valence-electron chi connectivity index (χ1n) is 3.34. The van der Waals surface area contributed by atoms with E-state index in [1.54, 1.807) is 0 Å².